The first kappa shape index (κ1) is 34.4. The minimum Gasteiger partial charge on any atom is -0.508 e. The highest BCUT2D eigenvalue weighted by atomic mass is 16.4. The minimum atomic E-state index is -1.23. The summed E-state index contributed by atoms with van der Waals surface area (Å²) in [6.45, 7) is 3.54. The van der Waals surface area contributed by atoms with Crippen molar-refractivity contribution in [3.8, 4) is 11.5 Å². The fourth-order valence-electron chi connectivity index (χ4n) is 4.12. The lowest BCUT2D eigenvalue weighted by molar-refractivity contribution is -0.143. The number of nitrogens with one attached hydrogen (secondary N) is 3. The summed E-state index contributed by atoms with van der Waals surface area (Å²) < 4.78 is 0. The number of aromatic hydroxyl groups is 2. The lowest BCUT2D eigenvalue weighted by atomic mass is 10.00. The second-order valence-corrected chi connectivity index (χ2v) is 10.5. The zero-order chi connectivity index (χ0) is 32.1. The van der Waals surface area contributed by atoms with E-state index in [9.17, 15) is 34.5 Å². The smallest absolute Gasteiger partial charge is 0.326 e. The van der Waals surface area contributed by atoms with E-state index in [1.54, 1.807) is 38.1 Å². The van der Waals surface area contributed by atoms with Crippen molar-refractivity contribution in [1.82, 2.24) is 16.0 Å². The Balaban J connectivity index is 2.30. The maximum absolute atomic E-state index is 13.6. The van der Waals surface area contributed by atoms with Crippen LogP contribution in [0.3, 0.4) is 0 Å². The molecule has 43 heavy (non-hydrogen) atoms. The quantitative estimate of drug-likeness (QED) is 0.0676. The molecule has 4 unspecified atom stereocenters. The van der Waals surface area contributed by atoms with E-state index >= 15 is 0 Å². The van der Waals surface area contributed by atoms with Crippen LogP contribution in [0.2, 0.25) is 0 Å². The van der Waals surface area contributed by atoms with Gasteiger partial charge in [-0.15, -0.1) is 0 Å². The van der Waals surface area contributed by atoms with Gasteiger partial charge in [0, 0.05) is 19.4 Å². The van der Waals surface area contributed by atoms with Crippen LogP contribution < -0.4 is 33.2 Å². The number of aliphatic imine (C=N–C) groups is 1. The molecule has 14 heteroatoms. The van der Waals surface area contributed by atoms with Crippen LogP contribution in [0.4, 0.5) is 0 Å². The van der Waals surface area contributed by atoms with Crippen LogP contribution in [0.5, 0.6) is 11.5 Å². The molecular weight excluding hydrogens is 558 g/mol. The number of guanidine groups is 1. The summed E-state index contributed by atoms with van der Waals surface area (Å²) in [6, 6.07) is 7.38. The molecule has 0 fully saturated rings. The average Bonchev–Trinajstić information content (AvgIpc) is 2.94. The maximum Gasteiger partial charge on any atom is 0.326 e. The molecule has 0 heterocycles. The first-order valence-corrected chi connectivity index (χ1v) is 13.8. The molecule has 0 aliphatic heterocycles. The van der Waals surface area contributed by atoms with Crippen molar-refractivity contribution >= 4 is 29.7 Å². The molecule has 2 rings (SSSR count). The number of hydrogen-bond donors (Lipinski definition) is 9. The van der Waals surface area contributed by atoms with Gasteiger partial charge in [0.15, 0.2) is 5.96 Å². The molecule has 0 aliphatic carbocycles. The van der Waals surface area contributed by atoms with Gasteiger partial charge < -0.3 is 48.5 Å². The predicted octanol–water partition coefficient (Wildman–Crippen LogP) is -0.541. The Hall–Kier alpha value is -4.85. The summed E-state index contributed by atoms with van der Waals surface area (Å²) in [7, 11) is 0. The average molecular weight is 600 g/mol. The van der Waals surface area contributed by atoms with E-state index in [2.05, 4.69) is 20.9 Å². The molecule has 4 atom stereocenters. The van der Waals surface area contributed by atoms with Gasteiger partial charge in [-0.3, -0.25) is 19.4 Å². The van der Waals surface area contributed by atoms with Crippen LogP contribution in [0.25, 0.3) is 0 Å². The van der Waals surface area contributed by atoms with Gasteiger partial charge in [0.25, 0.3) is 0 Å². The molecule has 14 nitrogen and oxygen atoms in total. The van der Waals surface area contributed by atoms with Crippen LogP contribution in [-0.2, 0) is 32.0 Å². The van der Waals surface area contributed by atoms with Crippen molar-refractivity contribution in [1.29, 1.82) is 0 Å². The van der Waals surface area contributed by atoms with E-state index in [1.165, 1.54) is 24.3 Å². The number of carbonyl (C=O) groups excluding carboxylic acids is 3. The van der Waals surface area contributed by atoms with Crippen molar-refractivity contribution in [3.05, 3.63) is 59.7 Å². The van der Waals surface area contributed by atoms with Crippen LogP contribution >= 0.6 is 0 Å². The molecular formula is C29H41N7O7. The Morgan fingerprint density at radius 3 is 1.63 bits per heavy atom. The minimum absolute atomic E-state index is 0.00410. The van der Waals surface area contributed by atoms with Crippen LogP contribution in [0.15, 0.2) is 53.5 Å². The number of phenols is 2. The van der Waals surface area contributed by atoms with Gasteiger partial charge in [0.05, 0.1) is 6.04 Å². The SMILES string of the molecule is CC(C)C(NC(=O)C(Cc1ccc(O)cc1)NC(=O)C(Cc1ccc(O)cc1)NC(=O)C(N)CCCN=C(N)N)C(=O)O. The standard InChI is InChI=1S/C29H41N7O7/c1-16(2)24(28(42)43)36-27(41)23(15-18-7-11-20(38)12-8-18)35-26(40)22(14-17-5-9-19(37)10-6-17)34-25(39)21(30)4-3-13-33-29(31)32/h5-12,16,21-24,37-38H,3-4,13-15,30H2,1-2H3,(H,34,39)(H,35,40)(H,36,41)(H,42,43)(H4,31,32,33). The van der Waals surface area contributed by atoms with Gasteiger partial charge in [-0.2, -0.15) is 0 Å². The number of carbonyl (C=O) groups is 4. The molecule has 0 saturated carbocycles. The fourth-order valence-corrected chi connectivity index (χ4v) is 4.12. The fraction of sp³-hybridized carbons (Fsp3) is 0.414. The van der Waals surface area contributed by atoms with E-state index in [0.717, 1.165) is 0 Å². The van der Waals surface area contributed by atoms with E-state index in [0.29, 0.717) is 17.5 Å². The highest BCUT2D eigenvalue weighted by Crippen LogP contribution is 2.14. The molecule has 2 aromatic rings. The van der Waals surface area contributed by atoms with Crippen LogP contribution in [0.1, 0.15) is 37.8 Å². The first-order valence-electron chi connectivity index (χ1n) is 13.8. The Labute approximate surface area is 249 Å². The Bertz CT molecular complexity index is 1260. The van der Waals surface area contributed by atoms with Crippen LogP contribution in [0, 0.1) is 5.92 Å². The predicted molar refractivity (Wildman–Crippen MR) is 160 cm³/mol. The second kappa shape index (κ2) is 16.6. The highest BCUT2D eigenvalue weighted by Gasteiger charge is 2.31. The van der Waals surface area contributed by atoms with E-state index in [-0.39, 0.29) is 43.3 Å². The molecule has 2 aromatic carbocycles. The molecule has 0 aliphatic rings. The first-order chi connectivity index (χ1) is 20.3. The largest absolute Gasteiger partial charge is 0.508 e. The molecule has 0 spiro atoms. The monoisotopic (exact) mass is 599 g/mol. The van der Waals surface area contributed by atoms with Gasteiger partial charge in [0.1, 0.15) is 29.6 Å². The summed E-state index contributed by atoms with van der Waals surface area (Å²) in [6.07, 6.45) is 0.604. The van der Waals surface area contributed by atoms with Gasteiger partial charge in [-0.25, -0.2) is 4.79 Å². The molecule has 3 amide bonds. The van der Waals surface area contributed by atoms with Crippen molar-refractivity contribution in [2.45, 2.75) is 63.7 Å². The number of rotatable bonds is 16. The topological polar surface area (TPSA) is 255 Å². The molecule has 0 bridgehead atoms. The van der Waals surface area contributed by atoms with Gasteiger partial charge in [-0.1, -0.05) is 38.1 Å². The number of amides is 3. The third-order valence-electron chi connectivity index (χ3n) is 6.55. The summed E-state index contributed by atoms with van der Waals surface area (Å²) in [5.74, 6) is -3.82. The van der Waals surface area contributed by atoms with E-state index in [4.69, 9.17) is 17.2 Å². The molecule has 0 saturated heterocycles. The molecule has 0 aromatic heterocycles. The van der Waals surface area contributed by atoms with Crippen molar-refractivity contribution in [2.75, 3.05) is 6.54 Å². The molecule has 234 valence electrons. The summed E-state index contributed by atoms with van der Waals surface area (Å²) in [5.41, 5.74) is 17.8. The van der Waals surface area contributed by atoms with E-state index < -0.39 is 53.8 Å². The highest BCUT2D eigenvalue weighted by molar-refractivity contribution is 5.94. The Kier molecular flexibility index (Phi) is 13.2. The normalized spacial score (nSPS) is 13.7. The summed E-state index contributed by atoms with van der Waals surface area (Å²) in [5, 5.41) is 36.6. The number of aliphatic carboxylic acids is 1. The number of carboxylic acid groups (broad SMARTS) is 1. The summed E-state index contributed by atoms with van der Waals surface area (Å²) in [4.78, 5) is 55.5. The third-order valence-corrected chi connectivity index (χ3v) is 6.55. The zero-order valence-corrected chi connectivity index (χ0v) is 24.2. The number of nitrogens with zero attached hydrogens (tertiary/aromatic N) is 1. The Morgan fingerprint density at radius 1 is 0.767 bits per heavy atom. The number of benzene rings is 2. The number of nitrogens with two attached hydrogens (primary N) is 3. The van der Waals surface area contributed by atoms with Crippen molar-refractivity contribution in [3.63, 3.8) is 0 Å². The summed E-state index contributed by atoms with van der Waals surface area (Å²) >= 11 is 0. The van der Waals surface area contributed by atoms with Gasteiger partial charge in [0.2, 0.25) is 17.7 Å². The maximum atomic E-state index is 13.6. The number of phenolic OH excluding ortho intramolecular Hbond substituents is 2. The number of hydrogen-bond acceptors (Lipinski definition) is 8. The molecule has 12 N–H and O–H groups in total. The third kappa shape index (κ3) is 11.9. The number of carboxylic acids is 1. The second-order valence-electron chi connectivity index (χ2n) is 10.5. The van der Waals surface area contributed by atoms with Gasteiger partial charge in [-0.05, 0) is 54.2 Å². The lowest BCUT2D eigenvalue weighted by Gasteiger charge is -2.26. The van der Waals surface area contributed by atoms with Crippen LogP contribution in [-0.4, -0.2) is 75.7 Å². The van der Waals surface area contributed by atoms with Gasteiger partial charge >= 0.3 is 5.97 Å². The molecule has 0 radical (unpaired) electrons. The Morgan fingerprint density at radius 2 is 1.21 bits per heavy atom. The van der Waals surface area contributed by atoms with E-state index in [1.807, 2.05) is 0 Å². The van der Waals surface area contributed by atoms with Crippen molar-refractivity contribution < 1.29 is 34.5 Å². The lowest BCUT2D eigenvalue weighted by Crippen LogP contribution is -2.58. The zero-order valence-electron chi connectivity index (χ0n) is 24.2. The van der Waals surface area contributed by atoms with Crippen molar-refractivity contribution in [2.24, 2.45) is 28.1 Å².